The largest absolute Gasteiger partial charge is 0.493 e. The van der Waals surface area contributed by atoms with Crippen LogP contribution in [0.1, 0.15) is 18.9 Å². The monoisotopic (exact) mass is 374 g/mol. The summed E-state index contributed by atoms with van der Waals surface area (Å²) in [6.45, 7) is 2.52. The van der Waals surface area contributed by atoms with Gasteiger partial charge >= 0.3 is 5.69 Å². The molecule has 0 spiro atoms. The maximum absolute atomic E-state index is 11.1. The number of methoxy groups -OCH3 is 1. The maximum atomic E-state index is 11.1. The number of benzene rings is 2. The number of nitrogens with one attached hydrogen (secondary N) is 1. The van der Waals surface area contributed by atoms with Crippen molar-refractivity contribution in [3.8, 4) is 11.5 Å². The van der Waals surface area contributed by atoms with Crippen molar-refractivity contribution in [2.45, 2.75) is 13.3 Å². The van der Waals surface area contributed by atoms with Crippen LogP contribution in [0.25, 0.3) is 0 Å². The van der Waals surface area contributed by atoms with Crippen molar-refractivity contribution in [1.29, 1.82) is 0 Å². The average molecular weight is 374 g/mol. The second kappa shape index (κ2) is 9.13. The van der Waals surface area contributed by atoms with Crippen molar-refractivity contribution >= 4 is 23.3 Å². The van der Waals surface area contributed by atoms with Crippen LogP contribution in [0.5, 0.6) is 11.5 Å². The van der Waals surface area contributed by atoms with Gasteiger partial charge in [0.05, 0.1) is 35.8 Å². The number of hydrazone groups is 1. The van der Waals surface area contributed by atoms with E-state index in [0.29, 0.717) is 23.7 Å². The molecule has 0 fully saturated rings. The number of ether oxygens (including phenoxy) is 2. The summed E-state index contributed by atoms with van der Waals surface area (Å²) in [7, 11) is 1.54. The van der Waals surface area contributed by atoms with E-state index in [4.69, 9.17) is 9.47 Å². The molecular formula is C17H18N4O6. The first-order valence-electron chi connectivity index (χ1n) is 7.99. The topological polar surface area (TPSA) is 129 Å². The first-order chi connectivity index (χ1) is 13.0. The number of rotatable bonds is 9. The predicted octanol–water partition coefficient (Wildman–Crippen LogP) is 3.75. The zero-order valence-electron chi connectivity index (χ0n) is 14.7. The third kappa shape index (κ3) is 5.14. The highest BCUT2D eigenvalue weighted by molar-refractivity contribution is 5.82. The number of anilines is 1. The van der Waals surface area contributed by atoms with Crippen LogP contribution in [-0.4, -0.2) is 29.8 Å². The van der Waals surface area contributed by atoms with E-state index in [2.05, 4.69) is 10.5 Å². The van der Waals surface area contributed by atoms with Crippen molar-refractivity contribution < 1.29 is 19.3 Å². The summed E-state index contributed by atoms with van der Waals surface area (Å²) < 4.78 is 10.8. The van der Waals surface area contributed by atoms with Crippen molar-refractivity contribution in [3.05, 3.63) is 62.2 Å². The molecule has 142 valence electrons. The highest BCUT2D eigenvalue weighted by Gasteiger charge is 2.19. The molecule has 0 aliphatic rings. The van der Waals surface area contributed by atoms with Crippen LogP contribution in [0.3, 0.4) is 0 Å². The van der Waals surface area contributed by atoms with Gasteiger partial charge in [0, 0.05) is 6.07 Å². The summed E-state index contributed by atoms with van der Waals surface area (Å²) in [6, 6.07) is 8.46. The van der Waals surface area contributed by atoms with Crippen LogP contribution in [0.4, 0.5) is 17.1 Å². The quantitative estimate of drug-likeness (QED) is 0.402. The van der Waals surface area contributed by atoms with Crippen LogP contribution in [0, 0.1) is 20.2 Å². The van der Waals surface area contributed by atoms with E-state index < -0.39 is 15.5 Å². The Bertz CT molecular complexity index is 868. The van der Waals surface area contributed by atoms with E-state index in [1.165, 1.54) is 19.4 Å². The summed E-state index contributed by atoms with van der Waals surface area (Å²) in [6.07, 6.45) is 2.29. The number of nitro benzene ring substituents is 2. The van der Waals surface area contributed by atoms with Crippen LogP contribution < -0.4 is 14.9 Å². The minimum Gasteiger partial charge on any atom is -0.493 e. The Balaban J connectivity index is 2.20. The van der Waals surface area contributed by atoms with E-state index in [9.17, 15) is 20.2 Å². The van der Waals surface area contributed by atoms with E-state index in [1.807, 2.05) is 6.92 Å². The van der Waals surface area contributed by atoms with Gasteiger partial charge in [0.15, 0.2) is 11.5 Å². The first-order valence-corrected chi connectivity index (χ1v) is 7.99. The lowest BCUT2D eigenvalue weighted by molar-refractivity contribution is -0.393. The Morgan fingerprint density at radius 3 is 2.52 bits per heavy atom. The Hall–Kier alpha value is -3.69. The fraction of sp³-hybridized carbons (Fsp3) is 0.235. The predicted molar refractivity (Wildman–Crippen MR) is 99.7 cm³/mol. The van der Waals surface area contributed by atoms with Crippen molar-refractivity contribution in [2.75, 3.05) is 19.1 Å². The Labute approximate surface area is 154 Å². The normalized spacial score (nSPS) is 10.6. The molecule has 2 aromatic carbocycles. The van der Waals surface area contributed by atoms with Gasteiger partial charge in [0.25, 0.3) is 5.69 Å². The van der Waals surface area contributed by atoms with Gasteiger partial charge in [0.2, 0.25) is 0 Å². The average Bonchev–Trinajstić information content (AvgIpc) is 2.66. The number of nitrogens with zero attached hydrogens (tertiary/aromatic N) is 3. The van der Waals surface area contributed by atoms with Gasteiger partial charge in [-0.1, -0.05) is 6.92 Å². The molecule has 1 N–H and O–H groups in total. The molecule has 0 atom stereocenters. The van der Waals surface area contributed by atoms with Crippen LogP contribution >= 0.6 is 0 Å². The number of hydrogen-bond donors (Lipinski definition) is 1. The van der Waals surface area contributed by atoms with Gasteiger partial charge < -0.3 is 9.47 Å². The molecular weight excluding hydrogens is 356 g/mol. The van der Waals surface area contributed by atoms with E-state index in [1.54, 1.807) is 18.2 Å². The molecule has 10 heteroatoms. The Morgan fingerprint density at radius 1 is 1.11 bits per heavy atom. The zero-order chi connectivity index (χ0) is 19.8. The number of hydrogen-bond acceptors (Lipinski definition) is 8. The second-order valence-corrected chi connectivity index (χ2v) is 5.34. The van der Waals surface area contributed by atoms with E-state index in [0.717, 1.165) is 18.6 Å². The van der Waals surface area contributed by atoms with Crippen molar-refractivity contribution in [3.63, 3.8) is 0 Å². The summed E-state index contributed by atoms with van der Waals surface area (Å²) in [4.78, 5) is 20.4. The standard InChI is InChI=1S/C17H18N4O6/c1-3-8-27-17-9-12(4-7-16(17)26-2)11-18-19-14-6-5-13(20(22)23)10-15(14)21(24)25/h4-7,9-11,19H,3,8H2,1-2H3/b18-11-. The number of nitro groups is 2. The molecule has 0 unspecified atom stereocenters. The lowest BCUT2D eigenvalue weighted by atomic mass is 10.2. The van der Waals surface area contributed by atoms with Gasteiger partial charge in [-0.3, -0.25) is 25.7 Å². The van der Waals surface area contributed by atoms with Crippen LogP contribution in [-0.2, 0) is 0 Å². The van der Waals surface area contributed by atoms with Crippen molar-refractivity contribution in [1.82, 2.24) is 0 Å². The van der Waals surface area contributed by atoms with Crippen molar-refractivity contribution in [2.24, 2.45) is 5.10 Å². The zero-order valence-corrected chi connectivity index (χ0v) is 14.7. The Kier molecular flexibility index (Phi) is 6.64. The molecule has 2 aromatic rings. The molecule has 0 saturated carbocycles. The summed E-state index contributed by atoms with van der Waals surface area (Å²) in [5.41, 5.74) is 2.44. The van der Waals surface area contributed by atoms with Gasteiger partial charge in [0.1, 0.15) is 5.69 Å². The summed E-state index contributed by atoms with van der Waals surface area (Å²) in [5, 5.41) is 25.8. The fourth-order valence-electron chi connectivity index (χ4n) is 2.15. The minimum atomic E-state index is -0.713. The molecule has 0 heterocycles. The molecule has 27 heavy (non-hydrogen) atoms. The minimum absolute atomic E-state index is 0.0396. The molecule has 0 aliphatic carbocycles. The molecule has 10 nitrogen and oxygen atoms in total. The highest BCUT2D eigenvalue weighted by atomic mass is 16.6. The highest BCUT2D eigenvalue weighted by Crippen LogP contribution is 2.29. The molecule has 2 rings (SSSR count). The molecule has 0 aliphatic heterocycles. The van der Waals surface area contributed by atoms with Gasteiger partial charge in [-0.2, -0.15) is 5.10 Å². The van der Waals surface area contributed by atoms with Gasteiger partial charge in [-0.05, 0) is 36.2 Å². The second-order valence-electron chi connectivity index (χ2n) is 5.34. The molecule has 0 amide bonds. The SMILES string of the molecule is CCCOc1cc(/C=N\Nc2ccc([N+](=O)[O-])cc2[N+](=O)[O-])ccc1OC. The van der Waals surface area contributed by atoms with E-state index >= 15 is 0 Å². The third-order valence-corrected chi connectivity index (χ3v) is 3.44. The summed E-state index contributed by atoms with van der Waals surface area (Å²) >= 11 is 0. The first kappa shape index (κ1) is 19.6. The van der Waals surface area contributed by atoms with Crippen LogP contribution in [0.15, 0.2) is 41.5 Å². The molecule has 0 aromatic heterocycles. The summed E-state index contributed by atoms with van der Waals surface area (Å²) in [5.74, 6) is 1.14. The third-order valence-electron chi connectivity index (χ3n) is 3.44. The maximum Gasteiger partial charge on any atom is 0.301 e. The lowest BCUT2D eigenvalue weighted by Crippen LogP contribution is -2.00. The number of non-ortho nitro benzene ring substituents is 1. The molecule has 0 radical (unpaired) electrons. The fourth-order valence-corrected chi connectivity index (χ4v) is 2.15. The van der Waals surface area contributed by atoms with E-state index in [-0.39, 0.29) is 11.4 Å². The Morgan fingerprint density at radius 2 is 1.89 bits per heavy atom. The lowest BCUT2D eigenvalue weighted by Gasteiger charge is -2.10. The molecule has 0 bridgehead atoms. The smallest absolute Gasteiger partial charge is 0.301 e. The molecule has 0 saturated heterocycles. The van der Waals surface area contributed by atoms with Gasteiger partial charge in [-0.15, -0.1) is 0 Å². The van der Waals surface area contributed by atoms with Gasteiger partial charge in [-0.25, -0.2) is 0 Å². The van der Waals surface area contributed by atoms with Crippen LogP contribution in [0.2, 0.25) is 0 Å².